The maximum absolute atomic E-state index is 12.9. The topological polar surface area (TPSA) is 88.3 Å². The predicted molar refractivity (Wildman–Crippen MR) is 113 cm³/mol. The van der Waals surface area contributed by atoms with Crippen molar-refractivity contribution in [2.24, 2.45) is 0 Å². The highest BCUT2D eigenvalue weighted by Gasteiger charge is 2.43. The molecule has 0 fully saturated rings. The predicted octanol–water partition coefficient (Wildman–Crippen LogP) is 2.91. The van der Waals surface area contributed by atoms with Gasteiger partial charge in [0.1, 0.15) is 0 Å². The van der Waals surface area contributed by atoms with Crippen molar-refractivity contribution in [2.45, 2.75) is 38.9 Å². The van der Waals surface area contributed by atoms with Gasteiger partial charge in [-0.15, -0.1) is 0 Å². The van der Waals surface area contributed by atoms with E-state index in [1.165, 1.54) is 0 Å². The van der Waals surface area contributed by atoms with E-state index in [-0.39, 0.29) is 12.1 Å². The van der Waals surface area contributed by atoms with Gasteiger partial charge in [0.15, 0.2) is 5.82 Å². The molecule has 1 aromatic carbocycles. The molecular formula is C20H31N7O. The molecule has 2 amide bonds. The number of aromatic amines is 1. The number of urea groups is 1. The van der Waals surface area contributed by atoms with Crippen molar-refractivity contribution >= 4 is 23.2 Å². The molecule has 0 saturated heterocycles. The average molecular weight is 386 g/mol. The van der Waals surface area contributed by atoms with Crippen molar-refractivity contribution in [2.75, 3.05) is 38.3 Å². The van der Waals surface area contributed by atoms with Gasteiger partial charge in [-0.2, -0.15) is 5.10 Å². The van der Waals surface area contributed by atoms with E-state index in [9.17, 15) is 4.79 Å². The highest BCUT2D eigenvalue weighted by molar-refractivity contribution is 5.78. The molecule has 1 unspecified atom stereocenters. The molecule has 2 aromatic rings. The number of benzene rings is 1. The Labute approximate surface area is 166 Å². The molecule has 28 heavy (non-hydrogen) atoms. The van der Waals surface area contributed by atoms with Gasteiger partial charge in [-0.25, -0.2) is 4.79 Å². The number of likely N-dealkylation sites (N-methyl/N-ethyl adjacent to an activating group) is 1. The average Bonchev–Trinajstić information content (AvgIpc) is 3.13. The summed E-state index contributed by atoms with van der Waals surface area (Å²) in [5, 5.41) is 17.2. The highest BCUT2D eigenvalue weighted by atomic mass is 16.2. The SMILES string of the molecule is CNc1cccc(Nc2n[nH]c3c2CN(C(=O)NC(C)CN(C)C)C3(C)C)c1. The Hall–Kier alpha value is -2.74. The standard InChI is InChI=1S/C20H31N7O/c1-13(11-26(5)6)22-19(28)27-12-16-17(20(27,2)3)24-25-18(16)23-15-9-7-8-14(10-15)21-4/h7-10,13,21H,11-12H2,1-6H3,(H,22,28)(H2,23,24,25). The second kappa shape index (κ2) is 7.71. The van der Waals surface area contributed by atoms with Crippen LogP contribution in [-0.4, -0.2) is 59.8 Å². The molecule has 0 spiro atoms. The maximum atomic E-state index is 12.9. The zero-order valence-electron chi connectivity index (χ0n) is 17.6. The fraction of sp³-hybridized carbons (Fsp3) is 0.500. The number of H-pyrrole nitrogens is 1. The molecule has 4 N–H and O–H groups in total. The van der Waals surface area contributed by atoms with Crippen molar-refractivity contribution in [3.05, 3.63) is 35.5 Å². The molecule has 152 valence electrons. The number of hydrogen-bond acceptors (Lipinski definition) is 5. The van der Waals surface area contributed by atoms with Gasteiger partial charge in [-0.1, -0.05) is 6.07 Å². The molecule has 1 aliphatic rings. The molecular weight excluding hydrogens is 354 g/mol. The Morgan fingerprint density at radius 1 is 1.36 bits per heavy atom. The van der Waals surface area contributed by atoms with Crippen LogP contribution in [0.1, 0.15) is 32.0 Å². The summed E-state index contributed by atoms with van der Waals surface area (Å²) in [5.41, 5.74) is 3.50. The first kappa shape index (κ1) is 20.0. The number of anilines is 3. The Balaban J connectivity index is 1.77. The maximum Gasteiger partial charge on any atom is 0.318 e. The van der Waals surface area contributed by atoms with Crippen molar-refractivity contribution in [1.29, 1.82) is 0 Å². The second-order valence-corrected chi connectivity index (χ2v) is 8.14. The molecule has 0 aliphatic carbocycles. The van der Waals surface area contributed by atoms with Crippen LogP contribution in [0.15, 0.2) is 24.3 Å². The van der Waals surface area contributed by atoms with Gasteiger partial charge >= 0.3 is 6.03 Å². The van der Waals surface area contributed by atoms with Crippen LogP contribution >= 0.6 is 0 Å². The summed E-state index contributed by atoms with van der Waals surface area (Å²) >= 11 is 0. The van der Waals surface area contributed by atoms with Crippen LogP contribution < -0.4 is 16.0 Å². The minimum Gasteiger partial charge on any atom is -0.388 e. The summed E-state index contributed by atoms with van der Waals surface area (Å²) in [6.45, 7) is 7.40. The normalized spacial score (nSPS) is 16.0. The number of aromatic nitrogens is 2. The Morgan fingerprint density at radius 3 is 2.75 bits per heavy atom. The summed E-state index contributed by atoms with van der Waals surface area (Å²) in [6, 6.07) is 8.01. The first-order valence-corrected chi connectivity index (χ1v) is 9.57. The van der Waals surface area contributed by atoms with Crippen molar-refractivity contribution in [1.82, 2.24) is 25.3 Å². The fourth-order valence-corrected chi connectivity index (χ4v) is 3.72. The van der Waals surface area contributed by atoms with Gasteiger partial charge in [0.2, 0.25) is 0 Å². The van der Waals surface area contributed by atoms with Crippen LogP contribution in [0, 0.1) is 0 Å². The van der Waals surface area contributed by atoms with E-state index in [1.807, 2.05) is 71.1 Å². The van der Waals surface area contributed by atoms with Crippen LogP contribution in [0.25, 0.3) is 0 Å². The van der Waals surface area contributed by atoms with Crippen LogP contribution in [0.5, 0.6) is 0 Å². The molecule has 0 saturated carbocycles. The van der Waals surface area contributed by atoms with Crippen LogP contribution in [-0.2, 0) is 12.1 Å². The quantitative estimate of drug-likeness (QED) is 0.614. The Morgan fingerprint density at radius 2 is 2.07 bits per heavy atom. The van der Waals surface area contributed by atoms with Crippen LogP contribution in [0.2, 0.25) is 0 Å². The summed E-state index contributed by atoms with van der Waals surface area (Å²) < 4.78 is 0. The number of rotatable bonds is 6. The summed E-state index contributed by atoms with van der Waals surface area (Å²) in [7, 11) is 5.89. The molecule has 3 rings (SSSR count). The first-order valence-electron chi connectivity index (χ1n) is 9.57. The zero-order chi connectivity index (χ0) is 20.5. The van der Waals surface area contributed by atoms with E-state index in [0.717, 1.165) is 35.0 Å². The number of fused-ring (bicyclic) bond motifs is 1. The van der Waals surface area contributed by atoms with Crippen LogP contribution in [0.4, 0.5) is 22.0 Å². The molecule has 0 radical (unpaired) electrons. The highest BCUT2D eigenvalue weighted by Crippen LogP contribution is 2.41. The van der Waals surface area contributed by atoms with E-state index >= 15 is 0 Å². The smallest absolute Gasteiger partial charge is 0.318 e. The minimum atomic E-state index is -0.461. The van der Waals surface area contributed by atoms with E-state index in [0.29, 0.717) is 6.54 Å². The van der Waals surface area contributed by atoms with Crippen LogP contribution in [0.3, 0.4) is 0 Å². The lowest BCUT2D eigenvalue weighted by molar-refractivity contribution is 0.138. The lowest BCUT2D eigenvalue weighted by atomic mass is 10.0. The zero-order valence-corrected chi connectivity index (χ0v) is 17.6. The number of nitrogens with zero attached hydrogens (tertiary/aromatic N) is 3. The molecule has 8 nitrogen and oxygen atoms in total. The molecule has 2 heterocycles. The third-order valence-corrected chi connectivity index (χ3v) is 5.14. The van der Waals surface area contributed by atoms with Gasteiger partial charge in [0.05, 0.1) is 17.8 Å². The summed E-state index contributed by atoms with van der Waals surface area (Å²) in [6.07, 6.45) is 0. The van der Waals surface area contributed by atoms with E-state index < -0.39 is 5.54 Å². The molecule has 1 aliphatic heterocycles. The number of carbonyl (C=O) groups excluding carboxylic acids is 1. The number of carbonyl (C=O) groups is 1. The van der Waals surface area contributed by atoms with Gasteiger partial charge in [0.25, 0.3) is 0 Å². The summed E-state index contributed by atoms with van der Waals surface area (Å²) in [4.78, 5) is 16.8. The second-order valence-electron chi connectivity index (χ2n) is 8.14. The molecule has 1 atom stereocenters. The van der Waals surface area contributed by atoms with Gasteiger partial charge in [0, 0.05) is 36.6 Å². The van der Waals surface area contributed by atoms with E-state index in [4.69, 9.17) is 0 Å². The van der Waals surface area contributed by atoms with E-state index in [2.05, 4.69) is 31.0 Å². The Bertz CT molecular complexity index is 843. The monoisotopic (exact) mass is 385 g/mol. The first-order chi connectivity index (χ1) is 13.2. The number of amides is 2. The largest absolute Gasteiger partial charge is 0.388 e. The molecule has 0 bridgehead atoms. The molecule has 8 heteroatoms. The van der Waals surface area contributed by atoms with Gasteiger partial charge in [-0.3, -0.25) is 5.10 Å². The van der Waals surface area contributed by atoms with Crippen molar-refractivity contribution in [3.63, 3.8) is 0 Å². The fourth-order valence-electron chi connectivity index (χ4n) is 3.72. The lowest BCUT2D eigenvalue weighted by Gasteiger charge is -2.33. The third kappa shape index (κ3) is 3.91. The third-order valence-electron chi connectivity index (χ3n) is 5.14. The van der Waals surface area contributed by atoms with Gasteiger partial charge in [-0.05, 0) is 53.1 Å². The summed E-state index contributed by atoms with van der Waals surface area (Å²) in [5.74, 6) is 0.757. The minimum absolute atomic E-state index is 0.0629. The number of nitrogens with one attached hydrogen (secondary N) is 4. The Kier molecular flexibility index (Phi) is 5.51. The van der Waals surface area contributed by atoms with Gasteiger partial charge < -0.3 is 25.8 Å². The lowest BCUT2D eigenvalue weighted by Crippen LogP contribution is -2.50. The molecule has 1 aromatic heterocycles. The van der Waals surface area contributed by atoms with Crippen molar-refractivity contribution < 1.29 is 4.79 Å². The van der Waals surface area contributed by atoms with E-state index in [1.54, 1.807) is 0 Å². The number of hydrogen-bond donors (Lipinski definition) is 4. The van der Waals surface area contributed by atoms with Crippen molar-refractivity contribution in [3.8, 4) is 0 Å².